The summed E-state index contributed by atoms with van der Waals surface area (Å²) in [6, 6.07) is 6.56. The second kappa shape index (κ2) is 8.19. The molecular formula is C20H18Cl2N2O3. The van der Waals surface area contributed by atoms with E-state index in [1.165, 1.54) is 6.07 Å². The molecule has 0 aliphatic heterocycles. The first kappa shape index (κ1) is 19.5. The van der Waals surface area contributed by atoms with Gasteiger partial charge in [0, 0.05) is 12.8 Å². The first-order chi connectivity index (χ1) is 13.0. The Kier molecular flexibility index (Phi) is 5.92. The fraction of sp³-hybridized carbons (Fsp3) is 0.300. The third kappa shape index (κ3) is 3.89. The molecule has 1 aromatic carbocycles. The van der Waals surface area contributed by atoms with Crippen LogP contribution >= 0.6 is 23.2 Å². The molecule has 0 bridgehead atoms. The summed E-state index contributed by atoms with van der Waals surface area (Å²) in [5.41, 5.74) is 1.39. The molecule has 5 nitrogen and oxygen atoms in total. The second-order valence-corrected chi connectivity index (χ2v) is 6.98. The maximum atomic E-state index is 12.6. The van der Waals surface area contributed by atoms with Crippen molar-refractivity contribution in [2.45, 2.75) is 39.5 Å². The van der Waals surface area contributed by atoms with Gasteiger partial charge >= 0.3 is 0 Å². The molecule has 3 rings (SSSR count). The number of carbonyl (C=O) groups is 2. The Morgan fingerprint density at radius 3 is 2.26 bits per heavy atom. The van der Waals surface area contributed by atoms with Gasteiger partial charge in [-0.05, 0) is 31.0 Å². The first-order valence-corrected chi connectivity index (χ1v) is 9.54. The minimum absolute atomic E-state index is 0.122. The second-order valence-electron chi connectivity index (χ2n) is 6.17. The maximum absolute atomic E-state index is 12.6. The van der Waals surface area contributed by atoms with Crippen LogP contribution in [0.15, 0.2) is 28.7 Å². The molecule has 0 atom stereocenters. The predicted molar refractivity (Wildman–Crippen MR) is 106 cm³/mol. The Labute approximate surface area is 166 Å². The van der Waals surface area contributed by atoms with Gasteiger partial charge in [0.05, 0.1) is 21.2 Å². The molecule has 7 heteroatoms. The number of pyridine rings is 1. The van der Waals surface area contributed by atoms with Gasteiger partial charge in [-0.2, -0.15) is 4.98 Å². The van der Waals surface area contributed by atoms with Gasteiger partial charge in [0.25, 0.3) is 0 Å². The molecule has 3 aromatic rings. The summed E-state index contributed by atoms with van der Waals surface area (Å²) in [5.74, 6) is -0.0904. The smallest absolute Gasteiger partial charge is 0.231 e. The number of hydrogen-bond donors (Lipinski definition) is 0. The molecule has 0 amide bonds. The average molecular weight is 405 g/mol. The van der Waals surface area contributed by atoms with E-state index in [0.29, 0.717) is 46.9 Å². The van der Waals surface area contributed by atoms with Gasteiger partial charge in [0.2, 0.25) is 11.5 Å². The number of carbonyl (C=O) groups excluding carboxylic acids is 2. The molecule has 2 heterocycles. The number of hydrogen-bond acceptors (Lipinski definition) is 5. The van der Waals surface area contributed by atoms with Crippen LogP contribution in [0.25, 0.3) is 22.7 Å². The lowest BCUT2D eigenvalue weighted by molar-refractivity contribution is 0.0977. The SMILES string of the molecule is CCCC(=O)c1cc(C(=O)CCC)c2oc(-c3c(Cl)cccc3Cl)nc2n1. The summed E-state index contributed by atoms with van der Waals surface area (Å²) in [4.78, 5) is 33.6. The summed E-state index contributed by atoms with van der Waals surface area (Å²) in [6.45, 7) is 3.82. The van der Waals surface area contributed by atoms with Crippen LogP contribution in [0.4, 0.5) is 0 Å². The summed E-state index contributed by atoms with van der Waals surface area (Å²) >= 11 is 12.5. The van der Waals surface area contributed by atoms with E-state index >= 15 is 0 Å². The third-order valence-corrected chi connectivity index (χ3v) is 4.71. The molecule has 0 unspecified atom stereocenters. The molecule has 27 heavy (non-hydrogen) atoms. The molecule has 0 fully saturated rings. The molecule has 0 radical (unpaired) electrons. The summed E-state index contributed by atoms with van der Waals surface area (Å²) in [5, 5.41) is 0.746. The zero-order valence-electron chi connectivity index (χ0n) is 15.0. The molecule has 0 aliphatic carbocycles. The lowest BCUT2D eigenvalue weighted by Crippen LogP contribution is -2.07. The van der Waals surface area contributed by atoms with E-state index in [2.05, 4.69) is 9.97 Å². The number of Topliss-reactive ketones (excluding diaryl/α,β-unsaturated/α-hetero) is 2. The topological polar surface area (TPSA) is 73.1 Å². The van der Waals surface area contributed by atoms with E-state index in [4.69, 9.17) is 27.6 Å². The highest BCUT2D eigenvalue weighted by Gasteiger charge is 2.23. The maximum Gasteiger partial charge on any atom is 0.231 e. The summed E-state index contributed by atoms with van der Waals surface area (Å²) in [7, 11) is 0. The Balaban J connectivity index is 2.23. The zero-order chi connectivity index (χ0) is 19.6. The van der Waals surface area contributed by atoms with Gasteiger partial charge in [0.15, 0.2) is 17.1 Å². The van der Waals surface area contributed by atoms with E-state index in [9.17, 15) is 9.59 Å². The monoisotopic (exact) mass is 404 g/mol. The van der Waals surface area contributed by atoms with Gasteiger partial charge < -0.3 is 4.42 Å². The minimum atomic E-state index is -0.134. The van der Waals surface area contributed by atoms with E-state index < -0.39 is 0 Å². The highest BCUT2D eigenvalue weighted by molar-refractivity contribution is 6.39. The summed E-state index contributed by atoms with van der Waals surface area (Å²) in [6.07, 6.45) is 2.05. The van der Waals surface area contributed by atoms with Crippen LogP contribution < -0.4 is 0 Å². The Hall–Kier alpha value is -2.24. The zero-order valence-corrected chi connectivity index (χ0v) is 16.5. The number of oxazole rings is 1. The van der Waals surface area contributed by atoms with Crippen LogP contribution in [0, 0.1) is 0 Å². The fourth-order valence-electron chi connectivity index (χ4n) is 2.79. The molecule has 0 saturated heterocycles. The molecule has 0 N–H and O–H groups in total. The number of fused-ring (bicyclic) bond motifs is 1. The van der Waals surface area contributed by atoms with Crippen LogP contribution in [0.5, 0.6) is 0 Å². The number of benzene rings is 1. The van der Waals surface area contributed by atoms with Crippen molar-refractivity contribution >= 4 is 46.0 Å². The first-order valence-electron chi connectivity index (χ1n) is 8.78. The molecule has 140 valence electrons. The van der Waals surface area contributed by atoms with Crippen LogP contribution in [0.3, 0.4) is 0 Å². The van der Waals surface area contributed by atoms with E-state index in [1.54, 1.807) is 18.2 Å². The van der Waals surface area contributed by atoms with Crippen molar-refractivity contribution in [1.29, 1.82) is 0 Å². The normalized spacial score (nSPS) is 11.1. The van der Waals surface area contributed by atoms with Crippen LogP contribution in [0.2, 0.25) is 10.0 Å². The molecular weight excluding hydrogens is 387 g/mol. The third-order valence-electron chi connectivity index (χ3n) is 4.08. The Morgan fingerprint density at radius 1 is 1.00 bits per heavy atom. The van der Waals surface area contributed by atoms with Gasteiger partial charge in [0.1, 0.15) is 5.69 Å². The molecule has 0 aliphatic rings. The molecule has 2 aromatic heterocycles. The van der Waals surface area contributed by atoms with Crippen molar-refractivity contribution in [1.82, 2.24) is 9.97 Å². The Morgan fingerprint density at radius 2 is 1.63 bits per heavy atom. The van der Waals surface area contributed by atoms with Crippen LogP contribution in [0.1, 0.15) is 60.4 Å². The lowest BCUT2D eigenvalue weighted by atomic mass is 10.0. The largest absolute Gasteiger partial charge is 0.433 e. The van der Waals surface area contributed by atoms with Gasteiger partial charge in [-0.1, -0.05) is 43.1 Å². The summed E-state index contributed by atoms with van der Waals surface area (Å²) < 4.78 is 5.83. The standard InChI is InChI=1S/C20H18Cl2N2O3/c1-3-6-15(25)11-10-14(16(26)7-4-2)23-19-18(11)27-20(24-19)17-12(21)8-5-9-13(17)22/h5,8-10H,3-4,6-7H2,1-2H3. The minimum Gasteiger partial charge on any atom is -0.433 e. The number of halogens is 2. The number of aromatic nitrogens is 2. The van der Waals surface area contributed by atoms with Crippen molar-refractivity contribution in [2.24, 2.45) is 0 Å². The van der Waals surface area contributed by atoms with Crippen LogP contribution in [-0.2, 0) is 0 Å². The van der Waals surface area contributed by atoms with Crippen molar-refractivity contribution < 1.29 is 14.0 Å². The highest BCUT2D eigenvalue weighted by Crippen LogP contribution is 2.36. The number of rotatable bonds is 7. The Bertz CT molecular complexity index is 1010. The number of ketones is 2. The molecule has 0 saturated carbocycles. The van der Waals surface area contributed by atoms with Crippen molar-refractivity contribution in [3.8, 4) is 11.5 Å². The van der Waals surface area contributed by atoms with E-state index in [1.807, 2.05) is 13.8 Å². The van der Waals surface area contributed by atoms with Crippen LogP contribution in [-0.4, -0.2) is 21.5 Å². The van der Waals surface area contributed by atoms with Crippen molar-refractivity contribution in [3.05, 3.63) is 45.6 Å². The highest BCUT2D eigenvalue weighted by atomic mass is 35.5. The molecule has 0 spiro atoms. The van der Waals surface area contributed by atoms with Gasteiger partial charge in [-0.15, -0.1) is 0 Å². The number of nitrogens with zero attached hydrogens (tertiary/aromatic N) is 2. The van der Waals surface area contributed by atoms with Gasteiger partial charge in [-0.3, -0.25) is 9.59 Å². The van der Waals surface area contributed by atoms with Gasteiger partial charge in [-0.25, -0.2) is 4.98 Å². The van der Waals surface area contributed by atoms with Crippen molar-refractivity contribution in [3.63, 3.8) is 0 Å². The quantitative estimate of drug-likeness (QED) is 0.440. The van der Waals surface area contributed by atoms with Crippen molar-refractivity contribution in [2.75, 3.05) is 0 Å². The lowest BCUT2D eigenvalue weighted by Gasteiger charge is -2.03. The average Bonchev–Trinajstić information content (AvgIpc) is 3.04. The van der Waals surface area contributed by atoms with E-state index in [-0.39, 0.29) is 34.4 Å². The predicted octanol–water partition coefficient (Wildman–Crippen LogP) is 6.16. The van der Waals surface area contributed by atoms with E-state index in [0.717, 1.165) is 0 Å². The fourth-order valence-corrected chi connectivity index (χ4v) is 3.35.